The third-order valence-corrected chi connectivity index (χ3v) is 6.89. The topological polar surface area (TPSA) is 55.5 Å². The first kappa shape index (κ1) is 16.5. The molecule has 0 unspecified atom stereocenters. The number of benzene rings is 1. The van der Waals surface area contributed by atoms with Crippen LogP contribution in [0, 0.1) is 0 Å². The quantitative estimate of drug-likeness (QED) is 0.528. The van der Waals surface area contributed by atoms with E-state index in [4.69, 9.17) is 4.42 Å². The molecule has 1 amide bonds. The summed E-state index contributed by atoms with van der Waals surface area (Å²) in [5.41, 5.74) is 2.35. The number of oxazole rings is 1. The fourth-order valence-electron chi connectivity index (χ4n) is 3.73. The Balaban J connectivity index is 1.52. The molecule has 0 aliphatic carbocycles. The molecular formula is C20H16N2O3S2. The predicted octanol–water partition coefficient (Wildman–Crippen LogP) is 3.89. The number of amides is 1. The van der Waals surface area contributed by atoms with E-state index >= 15 is 0 Å². The lowest BCUT2D eigenvalue weighted by molar-refractivity contribution is -0.133. The highest BCUT2D eigenvalue weighted by molar-refractivity contribution is 7.10. The number of fused-ring (bicyclic) bond motifs is 2. The van der Waals surface area contributed by atoms with E-state index in [0.29, 0.717) is 17.6 Å². The third-order valence-electron chi connectivity index (χ3n) is 4.97. The fourth-order valence-corrected chi connectivity index (χ4v) is 5.49. The van der Waals surface area contributed by atoms with E-state index in [9.17, 15) is 9.59 Å². The monoisotopic (exact) mass is 396 g/mol. The Morgan fingerprint density at radius 3 is 2.85 bits per heavy atom. The molecule has 27 heavy (non-hydrogen) atoms. The summed E-state index contributed by atoms with van der Waals surface area (Å²) in [6, 6.07) is 13.3. The van der Waals surface area contributed by atoms with Gasteiger partial charge in [-0.15, -0.1) is 22.7 Å². The summed E-state index contributed by atoms with van der Waals surface area (Å²) >= 11 is 3.40. The predicted molar refractivity (Wildman–Crippen MR) is 106 cm³/mol. The van der Waals surface area contributed by atoms with Crippen molar-refractivity contribution < 1.29 is 9.21 Å². The second kappa shape index (κ2) is 6.51. The Bertz CT molecular complexity index is 1170. The lowest BCUT2D eigenvalue weighted by Crippen LogP contribution is -2.42. The molecule has 5 nitrogen and oxygen atoms in total. The van der Waals surface area contributed by atoms with Gasteiger partial charge in [0, 0.05) is 16.3 Å². The van der Waals surface area contributed by atoms with Crippen LogP contribution in [0.1, 0.15) is 21.4 Å². The Labute approximate surface area is 163 Å². The number of nitrogens with zero attached hydrogens (tertiary/aromatic N) is 2. The number of carbonyl (C=O) groups excluding carboxylic acids is 1. The third kappa shape index (κ3) is 2.74. The van der Waals surface area contributed by atoms with Gasteiger partial charge >= 0.3 is 5.76 Å². The fraction of sp³-hybridized carbons (Fsp3) is 0.200. The molecule has 1 aromatic carbocycles. The van der Waals surface area contributed by atoms with Gasteiger partial charge in [0.1, 0.15) is 6.54 Å². The van der Waals surface area contributed by atoms with Crippen LogP contribution in [0.2, 0.25) is 0 Å². The number of hydrogen-bond acceptors (Lipinski definition) is 5. The number of aromatic nitrogens is 1. The van der Waals surface area contributed by atoms with Gasteiger partial charge in [0.25, 0.3) is 0 Å². The minimum atomic E-state index is -0.495. The lowest BCUT2D eigenvalue weighted by Gasteiger charge is -2.35. The van der Waals surface area contributed by atoms with E-state index in [1.54, 1.807) is 34.8 Å². The van der Waals surface area contributed by atoms with Crippen LogP contribution >= 0.6 is 22.7 Å². The first-order chi connectivity index (χ1) is 13.2. The highest BCUT2D eigenvalue weighted by atomic mass is 32.1. The number of carbonyl (C=O) groups is 1. The number of para-hydroxylation sites is 2. The summed E-state index contributed by atoms with van der Waals surface area (Å²) in [6.45, 7) is 0.636. The number of rotatable bonds is 3. The minimum Gasteiger partial charge on any atom is -0.408 e. The number of thiophene rings is 2. The van der Waals surface area contributed by atoms with E-state index in [1.807, 2.05) is 28.5 Å². The van der Waals surface area contributed by atoms with E-state index in [0.717, 1.165) is 11.3 Å². The van der Waals surface area contributed by atoms with Gasteiger partial charge in [-0.2, -0.15) is 0 Å². The molecule has 0 spiro atoms. The molecule has 4 heterocycles. The van der Waals surface area contributed by atoms with Crippen molar-refractivity contribution in [2.75, 3.05) is 6.54 Å². The van der Waals surface area contributed by atoms with Crippen LogP contribution in [-0.2, 0) is 17.8 Å². The van der Waals surface area contributed by atoms with Gasteiger partial charge in [-0.25, -0.2) is 4.79 Å². The van der Waals surface area contributed by atoms with Gasteiger partial charge in [0.15, 0.2) is 5.58 Å². The average molecular weight is 396 g/mol. The van der Waals surface area contributed by atoms with E-state index in [1.165, 1.54) is 15.0 Å². The zero-order chi connectivity index (χ0) is 18.4. The Hall–Kier alpha value is -2.64. The van der Waals surface area contributed by atoms with Gasteiger partial charge in [0.05, 0.1) is 11.6 Å². The maximum atomic E-state index is 13.2. The van der Waals surface area contributed by atoms with Gasteiger partial charge in [0.2, 0.25) is 5.91 Å². The zero-order valence-corrected chi connectivity index (χ0v) is 16.0. The molecule has 0 saturated heterocycles. The Morgan fingerprint density at radius 1 is 1.11 bits per heavy atom. The molecule has 1 aliphatic heterocycles. The van der Waals surface area contributed by atoms with Crippen LogP contribution in [-0.4, -0.2) is 21.9 Å². The van der Waals surface area contributed by atoms with Crippen molar-refractivity contribution in [1.29, 1.82) is 0 Å². The molecule has 7 heteroatoms. The Morgan fingerprint density at radius 2 is 2.00 bits per heavy atom. The van der Waals surface area contributed by atoms with Crippen molar-refractivity contribution >= 4 is 39.7 Å². The van der Waals surface area contributed by atoms with E-state index in [2.05, 4.69) is 17.5 Å². The molecule has 136 valence electrons. The van der Waals surface area contributed by atoms with Crippen molar-refractivity contribution in [2.45, 2.75) is 19.0 Å². The smallest absolute Gasteiger partial charge is 0.408 e. The largest absolute Gasteiger partial charge is 0.420 e. The maximum absolute atomic E-state index is 13.2. The first-order valence-corrected chi connectivity index (χ1v) is 10.5. The van der Waals surface area contributed by atoms with Crippen LogP contribution < -0.4 is 5.76 Å². The SMILES string of the molecule is O=C(Cn1c(=O)oc2ccccc21)N1CCc2sccc2[C@@H]1c1cccs1. The summed E-state index contributed by atoms with van der Waals surface area (Å²) < 4.78 is 6.69. The van der Waals surface area contributed by atoms with Crippen molar-refractivity contribution in [2.24, 2.45) is 0 Å². The van der Waals surface area contributed by atoms with Gasteiger partial charge in [-0.1, -0.05) is 18.2 Å². The molecule has 0 N–H and O–H groups in total. The van der Waals surface area contributed by atoms with Crippen LogP contribution in [0.3, 0.4) is 0 Å². The molecule has 3 aromatic heterocycles. The summed E-state index contributed by atoms with van der Waals surface area (Å²) in [5.74, 6) is -0.565. The summed E-state index contributed by atoms with van der Waals surface area (Å²) in [7, 11) is 0. The molecule has 1 atom stereocenters. The van der Waals surface area contributed by atoms with Crippen molar-refractivity contribution in [3.8, 4) is 0 Å². The van der Waals surface area contributed by atoms with Crippen molar-refractivity contribution in [3.63, 3.8) is 0 Å². The number of hydrogen-bond donors (Lipinski definition) is 0. The molecule has 5 rings (SSSR count). The molecule has 1 aliphatic rings. The molecule has 4 aromatic rings. The molecule has 0 fully saturated rings. The summed E-state index contributed by atoms with van der Waals surface area (Å²) in [5, 5.41) is 4.13. The van der Waals surface area contributed by atoms with Crippen LogP contribution in [0.4, 0.5) is 0 Å². The Kier molecular flexibility index (Phi) is 3.98. The zero-order valence-electron chi connectivity index (χ0n) is 14.3. The normalized spacial score (nSPS) is 16.6. The van der Waals surface area contributed by atoms with E-state index < -0.39 is 5.76 Å². The van der Waals surface area contributed by atoms with Gasteiger partial charge in [-0.3, -0.25) is 9.36 Å². The highest BCUT2D eigenvalue weighted by Gasteiger charge is 2.33. The van der Waals surface area contributed by atoms with Crippen molar-refractivity contribution in [1.82, 2.24) is 9.47 Å². The van der Waals surface area contributed by atoms with Crippen LogP contribution in [0.5, 0.6) is 0 Å². The van der Waals surface area contributed by atoms with E-state index in [-0.39, 0.29) is 18.5 Å². The van der Waals surface area contributed by atoms with Gasteiger partial charge in [-0.05, 0) is 47.0 Å². The highest BCUT2D eigenvalue weighted by Crippen LogP contribution is 2.39. The summed E-state index contributed by atoms with van der Waals surface area (Å²) in [6.07, 6.45) is 0.849. The average Bonchev–Trinajstić information content (AvgIpc) is 3.41. The maximum Gasteiger partial charge on any atom is 0.420 e. The summed E-state index contributed by atoms with van der Waals surface area (Å²) in [4.78, 5) is 29.9. The standard InChI is InChI=1S/C20H16N2O3S2/c23-18(12-22-14-4-1-2-5-15(14)25-20(22)24)21-9-7-16-13(8-11-27-16)19(21)17-6-3-10-26-17/h1-6,8,10-11,19H,7,9,12H2/t19-/m1/s1. The van der Waals surface area contributed by atoms with Crippen LogP contribution in [0.25, 0.3) is 11.1 Å². The van der Waals surface area contributed by atoms with Crippen LogP contribution in [0.15, 0.2) is 62.4 Å². The molecule has 0 radical (unpaired) electrons. The second-order valence-corrected chi connectivity index (χ2v) is 8.46. The lowest BCUT2D eigenvalue weighted by atomic mass is 9.98. The molecule has 0 saturated carbocycles. The van der Waals surface area contributed by atoms with Gasteiger partial charge < -0.3 is 9.32 Å². The minimum absolute atomic E-state index is 0.0167. The molecular weight excluding hydrogens is 380 g/mol. The molecule has 0 bridgehead atoms. The van der Waals surface area contributed by atoms with Crippen molar-refractivity contribution in [3.05, 3.63) is 79.1 Å². The first-order valence-electron chi connectivity index (χ1n) is 8.70. The second-order valence-electron chi connectivity index (χ2n) is 6.48.